The molecule has 1 fully saturated rings. The molecule has 1 aliphatic carbocycles. The number of rotatable bonds is 4. The summed E-state index contributed by atoms with van der Waals surface area (Å²) in [5, 5.41) is 3.06. The highest BCUT2D eigenvalue weighted by Crippen LogP contribution is 2.16. The molecule has 0 bridgehead atoms. The van der Waals surface area contributed by atoms with Crippen LogP contribution in [0.4, 0.5) is 0 Å². The van der Waals surface area contributed by atoms with Crippen LogP contribution in [0.2, 0.25) is 0 Å². The highest BCUT2D eigenvalue weighted by molar-refractivity contribution is 5.81. The smallest absolute Gasteiger partial charge is 0.227 e. The molecule has 0 aromatic rings. The molecular weight excluding hydrogens is 230 g/mol. The van der Waals surface area contributed by atoms with Crippen LogP contribution in [0.3, 0.4) is 0 Å². The summed E-state index contributed by atoms with van der Waals surface area (Å²) in [6, 6.07) is 0.205. The number of hydrogen-bond acceptors (Lipinski definition) is 4. The molecule has 2 aliphatic rings. The van der Waals surface area contributed by atoms with Gasteiger partial charge in [0.15, 0.2) is 0 Å². The molecule has 1 amide bonds. The summed E-state index contributed by atoms with van der Waals surface area (Å²) >= 11 is 0. The number of nitrogens with one attached hydrogen (secondary N) is 1. The van der Waals surface area contributed by atoms with Crippen molar-refractivity contribution in [3.8, 4) is 0 Å². The quantitative estimate of drug-likeness (QED) is 0.677. The number of amides is 1. The van der Waals surface area contributed by atoms with Crippen molar-refractivity contribution >= 4 is 5.91 Å². The molecule has 3 atom stereocenters. The molecule has 3 N–H and O–H groups in total. The molecule has 0 saturated carbocycles. The van der Waals surface area contributed by atoms with Gasteiger partial charge in [-0.05, 0) is 13.3 Å². The minimum Gasteiger partial charge on any atom is -0.379 e. The molecular formula is C13H23N3O2. The first kappa shape index (κ1) is 13.5. The summed E-state index contributed by atoms with van der Waals surface area (Å²) in [6.45, 7) is 6.42. The Balaban J connectivity index is 1.71. The summed E-state index contributed by atoms with van der Waals surface area (Å²) in [5.41, 5.74) is 5.75. The second-order valence-electron chi connectivity index (χ2n) is 5.21. The molecule has 5 nitrogen and oxygen atoms in total. The third-order valence-corrected chi connectivity index (χ3v) is 3.48. The average Bonchev–Trinajstić information content (AvgIpc) is 2.77. The van der Waals surface area contributed by atoms with E-state index in [0.29, 0.717) is 0 Å². The van der Waals surface area contributed by atoms with Gasteiger partial charge in [0.25, 0.3) is 0 Å². The third kappa shape index (κ3) is 3.80. The Morgan fingerprint density at radius 2 is 2.22 bits per heavy atom. The van der Waals surface area contributed by atoms with Gasteiger partial charge in [-0.1, -0.05) is 12.2 Å². The van der Waals surface area contributed by atoms with E-state index in [1.807, 2.05) is 19.1 Å². The molecule has 3 unspecified atom stereocenters. The largest absolute Gasteiger partial charge is 0.379 e. The van der Waals surface area contributed by atoms with Crippen LogP contribution in [0.15, 0.2) is 12.2 Å². The van der Waals surface area contributed by atoms with Crippen LogP contribution in [0.25, 0.3) is 0 Å². The van der Waals surface area contributed by atoms with Crippen molar-refractivity contribution in [3.63, 3.8) is 0 Å². The highest BCUT2D eigenvalue weighted by Gasteiger charge is 2.24. The fraction of sp³-hybridized carbons (Fsp3) is 0.769. The van der Waals surface area contributed by atoms with Gasteiger partial charge in [0.05, 0.1) is 19.1 Å². The molecule has 1 aliphatic heterocycles. The zero-order valence-electron chi connectivity index (χ0n) is 11.0. The van der Waals surface area contributed by atoms with Gasteiger partial charge in [-0.3, -0.25) is 9.69 Å². The predicted octanol–water partition coefficient (Wildman–Crippen LogP) is -0.273. The first-order valence-corrected chi connectivity index (χ1v) is 6.69. The van der Waals surface area contributed by atoms with E-state index in [1.54, 1.807) is 0 Å². The van der Waals surface area contributed by atoms with Gasteiger partial charge in [0.2, 0.25) is 5.91 Å². The Bertz CT molecular complexity index is 313. The van der Waals surface area contributed by atoms with E-state index in [1.165, 1.54) is 0 Å². The molecule has 5 heteroatoms. The molecule has 0 aromatic carbocycles. The van der Waals surface area contributed by atoms with Gasteiger partial charge >= 0.3 is 0 Å². The van der Waals surface area contributed by atoms with Crippen LogP contribution in [0.1, 0.15) is 13.3 Å². The van der Waals surface area contributed by atoms with E-state index in [9.17, 15) is 4.79 Å². The molecule has 102 valence electrons. The van der Waals surface area contributed by atoms with E-state index >= 15 is 0 Å². The minimum atomic E-state index is -0.0489. The van der Waals surface area contributed by atoms with Gasteiger partial charge in [-0.15, -0.1) is 0 Å². The van der Waals surface area contributed by atoms with Crippen molar-refractivity contribution in [2.24, 2.45) is 11.7 Å². The molecule has 18 heavy (non-hydrogen) atoms. The monoisotopic (exact) mass is 253 g/mol. The van der Waals surface area contributed by atoms with Gasteiger partial charge in [-0.2, -0.15) is 0 Å². The van der Waals surface area contributed by atoms with Crippen LogP contribution in [0.5, 0.6) is 0 Å². The SMILES string of the molecule is CC(CN1CCOCC1)NC(=O)C1C=CC(N)C1. The van der Waals surface area contributed by atoms with Crippen molar-refractivity contribution in [1.82, 2.24) is 10.2 Å². The number of carbonyl (C=O) groups excluding carboxylic acids is 1. The minimum absolute atomic E-state index is 0.0373. The number of nitrogens with zero attached hydrogens (tertiary/aromatic N) is 1. The van der Waals surface area contributed by atoms with Crippen molar-refractivity contribution in [2.75, 3.05) is 32.8 Å². The van der Waals surface area contributed by atoms with Gasteiger partial charge < -0.3 is 15.8 Å². The first-order valence-electron chi connectivity index (χ1n) is 6.69. The van der Waals surface area contributed by atoms with Crippen molar-refractivity contribution in [2.45, 2.75) is 25.4 Å². The lowest BCUT2D eigenvalue weighted by Gasteiger charge is -2.29. The van der Waals surface area contributed by atoms with Crippen LogP contribution in [-0.4, -0.2) is 55.7 Å². The lowest BCUT2D eigenvalue weighted by atomic mass is 10.1. The third-order valence-electron chi connectivity index (χ3n) is 3.48. The van der Waals surface area contributed by atoms with E-state index < -0.39 is 0 Å². The van der Waals surface area contributed by atoms with Gasteiger partial charge in [0, 0.05) is 31.7 Å². The van der Waals surface area contributed by atoms with Crippen LogP contribution >= 0.6 is 0 Å². The maximum Gasteiger partial charge on any atom is 0.227 e. The Morgan fingerprint density at radius 1 is 1.50 bits per heavy atom. The fourth-order valence-electron chi connectivity index (χ4n) is 2.49. The zero-order valence-corrected chi connectivity index (χ0v) is 11.0. The van der Waals surface area contributed by atoms with E-state index in [0.717, 1.165) is 39.3 Å². The topological polar surface area (TPSA) is 67.6 Å². The summed E-state index contributed by atoms with van der Waals surface area (Å²) in [4.78, 5) is 14.3. The number of nitrogens with two attached hydrogens (primary N) is 1. The number of carbonyl (C=O) groups is 1. The van der Waals surface area contributed by atoms with Crippen LogP contribution < -0.4 is 11.1 Å². The van der Waals surface area contributed by atoms with E-state index in [2.05, 4.69) is 10.2 Å². The number of ether oxygens (including phenoxy) is 1. The maximum absolute atomic E-state index is 12.0. The zero-order chi connectivity index (χ0) is 13.0. The van der Waals surface area contributed by atoms with E-state index in [4.69, 9.17) is 10.5 Å². The number of morpholine rings is 1. The van der Waals surface area contributed by atoms with Crippen LogP contribution in [0, 0.1) is 5.92 Å². The lowest BCUT2D eigenvalue weighted by Crippen LogP contribution is -2.47. The molecule has 0 aromatic heterocycles. The highest BCUT2D eigenvalue weighted by atomic mass is 16.5. The summed E-state index contributed by atoms with van der Waals surface area (Å²) < 4.78 is 5.30. The molecule has 0 spiro atoms. The van der Waals surface area contributed by atoms with Gasteiger partial charge in [-0.25, -0.2) is 0 Å². The average molecular weight is 253 g/mol. The van der Waals surface area contributed by atoms with Crippen molar-refractivity contribution < 1.29 is 9.53 Å². The summed E-state index contributed by atoms with van der Waals surface area (Å²) in [5.74, 6) is 0.0482. The number of hydrogen-bond donors (Lipinski definition) is 2. The Labute approximate surface area is 108 Å². The summed E-state index contributed by atoms with van der Waals surface area (Å²) in [7, 11) is 0. The van der Waals surface area contributed by atoms with Crippen molar-refractivity contribution in [1.29, 1.82) is 0 Å². The van der Waals surface area contributed by atoms with Crippen LogP contribution in [-0.2, 0) is 9.53 Å². The Hall–Kier alpha value is -0.910. The fourth-order valence-corrected chi connectivity index (χ4v) is 2.49. The van der Waals surface area contributed by atoms with E-state index in [-0.39, 0.29) is 23.9 Å². The molecule has 2 rings (SSSR count). The first-order chi connectivity index (χ1) is 8.65. The standard InChI is InChI=1S/C13H23N3O2/c1-10(9-16-4-6-18-7-5-16)15-13(17)11-2-3-12(14)8-11/h2-3,10-12H,4-9,14H2,1H3,(H,15,17). The normalized spacial score (nSPS) is 30.3. The maximum atomic E-state index is 12.0. The molecule has 0 radical (unpaired) electrons. The second-order valence-corrected chi connectivity index (χ2v) is 5.21. The Kier molecular flexibility index (Phi) is 4.74. The predicted molar refractivity (Wildman–Crippen MR) is 70.1 cm³/mol. The molecule has 1 saturated heterocycles. The molecule has 1 heterocycles. The second kappa shape index (κ2) is 6.31. The summed E-state index contributed by atoms with van der Waals surface area (Å²) in [6.07, 6.45) is 4.56. The Morgan fingerprint density at radius 3 is 2.83 bits per heavy atom. The van der Waals surface area contributed by atoms with Crippen molar-refractivity contribution in [3.05, 3.63) is 12.2 Å². The van der Waals surface area contributed by atoms with Gasteiger partial charge in [0.1, 0.15) is 0 Å². The lowest BCUT2D eigenvalue weighted by molar-refractivity contribution is -0.124.